The fourth-order valence-electron chi connectivity index (χ4n) is 3.22. The van der Waals surface area contributed by atoms with Crippen molar-refractivity contribution in [3.05, 3.63) is 65.5 Å². The zero-order valence-electron chi connectivity index (χ0n) is 13.8. The van der Waals surface area contributed by atoms with Gasteiger partial charge in [0.25, 0.3) is 0 Å². The van der Waals surface area contributed by atoms with E-state index in [2.05, 4.69) is 5.32 Å². The summed E-state index contributed by atoms with van der Waals surface area (Å²) in [5.41, 5.74) is 1.46. The van der Waals surface area contributed by atoms with Gasteiger partial charge in [0.15, 0.2) is 0 Å². The maximum Gasteiger partial charge on any atom is 0.225 e. The summed E-state index contributed by atoms with van der Waals surface area (Å²) in [6.45, 7) is 0. The summed E-state index contributed by atoms with van der Waals surface area (Å²) in [7, 11) is 1.68. The average Bonchev–Trinajstić information content (AvgIpc) is 2.82. The van der Waals surface area contributed by atoms with Gasteiger partial charge < -0.3 is 15.3 Å². The van der Waals surface area contributed by atoms with E-state index in [1.165, 1.54) is 24.3 Å². The molecule has 6 heteroatoms. The quantitative estimate of drug-likeness (QED) is 0.895. The molecule has 1 heterocycles. The van der Waals surface area contributed by atoms with E-state index in [9.17, 15) is 19.1 Å². The topological polar surface area (TPSA) is 69.6 Å². The molecule has 2 amide bonds. The number of nitrogens with zero attached hydrogens (tertiary/aromatic N) is 1. The highest BCUT2D eigenvalue weighted by Crippen LogP contribution is 2.32. The molecule has 1 aliphatic heterocycles. The van der Waals surface area contributed by atoms with Crippen LogP contribution in [0, 0.1) is 5.82 Å². The number of aromatic hydroxyl groups is 1. The number of benzene rings is 2. The van der Waals surface area contributed by atoms with Crippen LogP contribution in [-0.2, 0) is 16.0 Å². The number of hydrogen-bond acceptors (Lipinski definition) is 3. The number of carbonyl (C=O) groups excluding carboxylic acids is 2. The molecule has 25 heavy (non-hydrogen) atoms. The largest absolute Gasteiger partial charge is 0.508 e. The van der Waals surface area contributed by atoms with Crippen molar-refractivity contribution < 1.29 is 19.1 Å². The van der Waals surface area contributed by atoms with Crippen LogP contribution in [0.25, 0.3) is 0 Å². The third-order valence-corrected chi connectivity index (χ3v) is 4.42. The zero-order chi connectivity index (χ0) is 18.0. The summed E-state index contributed by atoms with van der Waals surface area (Å²) in [4.78, 5) is 26.0. The Morgan fingerprint density at radius 1 is 1.28 bits per heavy atom. The van der Waals surface area contributed by atoms with Gasteiger partial charge in [-0.3, -0.25) is 9.59 Å². The third-order valence-electron chi connectivity index (χ3n) is 4.42. The Kier molecular flexibility index (Phi) is 4.70. The van der Waals surface area contributed by atoms with E-state index in [4.69, 9.17) is 0 Å². The molecule has 0 aliphatic carbocycles. The number of rotatable bonds is 4. The van der Waals surface area contributed by atoms with Crippen molar-refractivity contribution >= 4 is 11.8 Å². The Morgan fingerprint density at radius 3 is 2.68 bits per heavy atom. The first-order valence-corrected chi connectivity index (χ1v) is 8.02. The van der Waals surface area contributed by atoms with Gasteiger partial charge in [0.05, 0.1) is 18.5 Å². The molecular weight excluding hydrogens is 323 g/mol. The van der Waals surface area contributed by atoms with Crippen LogP contribution in [0.2, 0.25) is 0 Å². The SMILES string of the molecule is CN1C(=O)CC(NC(=O)Cc2cccc(O)c2)C1c1ccc(F)cc1. The van der Waals surface area contributed by atoms with Crippen molar-refractivity contribution in [3.8, 4) is 5.75 Å². The molecule has 1 aliphatic rings. The first-order valence-electron chi connectivity index (χ1n) is 8.02. The number of phenolic OH excluding ortho intramolecular Hbond substituents is 1. The molecule has 5 nitrogen and oxygen atoms in total. The van der Waals surface area contributed by atoms with Crippen LogP contribution < -0.4 is 5.32 Å². The number of hydrogen-bond donors (Lipinski definition) is 2. The van der Waals surface area contributed by atoms with Gasteiger partial charge in [-0.25, -0.2) is 4.39 Å². The van der Waals surface area contributed by atoms with E-state index in [0.29, 0.717) is 5.56 Å². The smallest absolute Gasteiger partial charge is 0.225 e. The number of likely N-dealkylation sites (N-methyl/N-ethyl adjacent to an activating group) is 1. The van der Waals surface area contributed by atoms with Crippen LogP contribution in [0.1, 0.15) is 23.6 Å². The first-order chi connectivity index (χ1) is 11.9. The number of carbonyl (C=O) groups is 2. The van der Waals surface area contributed by atoms with Crippen LogP contribution in [0.3, 0.4) is 0 Å². The highest BCUT2D eigenvalue weighted by Gasteiger charge is 2.39. The van der Waals surface area contributed by atoms with Crippen LogP contribution in [0.15, 0.2) is 48.5 Å². The Balaban J connectivity index is 1.74. The standard InChI is InChI=1S/C19H19FN2O3/c1-22-18(25)11-16(19(22)13-5-7-14(20)8-6-13)21-17(24)10-12-3-2-4-15(23)9-12/h2-9,16,19,23H,10-11H2,1H3,(H,21,24). The number of halogens is 1. The Morgan fingerprint density at radius 2 is 2.00 bits per heavy atom. The molecule has 2 unspecified atom stereocenters. The van der Waals surface area contributed by atoms with Gasteiger partial charge in [0.1, 0.15) is 11.6 Å². The van der Waals surface area contributed by atoms with Crippen molar-refractivity contribution in [1.29, 1.82) is 0 Å². The monoisotopic (exact) mass is 342 g/mol. The highest BCUT2D eigenvalue weighted by atomic mass is 19.1. The third kappa shape index (κ3) is 3.79. The van der Waals surface area contributed by atoms with Crippen molar-refractivity contribution in [3.63, 3.8) is 0 Å². The minimum Gasteiger partial charge on any atom is -0.508 e. The Labute approximate surface area is 145 Å². The highest BCUT2D eigenvalue weighted by molar-refractivity contribution is 5.84. The minimum atomic E-state index is -0.382. The summed E-state index contributed by atoms with van der Waals surface area (Å²) in [5.74, 6) is -0.548. The summed E-state index contributed by atoms with van der Waals surface area (Å²) in [6, 6.07) is 11.7. The van der Waals surface area contributed by atoms with Crippen LogP contribution in [0.4, 0.5) is 4.39 Å². The molecule has 130 valence electrons. The van der Waals surface area contributed by atoms with Gasteiger partial charge in [-0.15, -0.1) is 0 Å². The average molecular weight is 342 g/mol. The van der Waals surface area contributed by atoms with Gasteiger partial charge in [-0.05, 0) is 35.4 Å². The second-order valence-corrected chi connectivity index (χ2v) is 6.23. The van der Waals surface area contributed by atoms with Gasteiger partial charge in [-0.1, -0.05) is 24.3 Å². The maximum atomic E-state index is 13.2. The molecule has 2 atom stereocenters. The fourth-order valence-corrected chi connectivity index (χ4v) is 3.22. The van der Waals surface area contributed by atoms with Crippen LogP contribution >= 0.6 is 0 Å². The molecule has 0 bridgehead atoms. The lowest BCUT2D eigenvalue weighted by Crippen LogP contribution is -2.39. The van der Waals surface area contributed by atoms with Crippen LogP contribution in [0.5, 0.6) is 5.75 Å². The van der Waals surface area contributed by atoms with Crippen LogP contribution in [-0.4, -0.2) is 34.9 Å². The maximum absolute atomic E-state index is 13.2. The second-order valence-electron chi connectivity index (χ2n) is 6.23. The zero-order valence-corrected chi connectivity index (χ0v) is 13.8. The number of amides is 2. The molecule has 2 aromatic rings. The molecule has 0 radical (unpaired) electrons. The molecular formula is C19H19FN2O3. The van der Waals surface area contributed by atoms with Crippen molar-refractivity contribution in [2.24, 2.45) is 0 Å². The Bertz CT molecular complexity index is 792. The summed E-state index contributed by atoms with van der Waals surface area (Å²) < 4.78 is 13.2. The lowest BCUT2D eigenvalue weighted by molar-refractivity contribution is -0.127. The van der Waals surface area contributed by atoms with Gasteiger partial charge in [0.2, 0.25) is 11.8 Å². The number of nitrogens with one attached hydrogen (secondary N) is 1. The normalized spacial score (nSPS) is 19.9. The lowest BCUT2D eigenvalue weighted by Gasteiger charge is -2.26. The first kappa shape index (κ1) is 17.0. The van der Waals surface area contributed by atoms with E-state index in [-0.39, 0.29) is 48.3 Å². The van der Waals surface area contributed by atoms with Gasteiger partial charge >= 0.3 is 0 Å². The predicted molar refractivity (Wildman–Crippen MR) is 90.3 cm³/mol. The molecule has 1 fully saturated rings. The summed E-state index contributed by atoms with van der Waals surface area (Å²) >= 11 is 0. The fraction of sp³-hybridized carbons (Fsp3) is 0.263. The van der Waals surface area contributed by atoms with Crippen molar-refractivity contribution in [1.82, 2.24) is 10.2 Å². The van der Waals surface area contributed by atoms with Crippen molar-refractivity contribution in [2.75, 3.05) is 7.05 Å². The Hall–Kier alpha value is -2.89. The second kappa shape index (κ2) is 6.93. The van der Waals surface area contributed by atoms with E-state index in [1.807, 2.05) is 0 Å². The van der Waals surface area contributed by atoms with Gasteiger partial charge in [0, 0.05) is 13.5 Å². The summed E-state index contributed by atoms with van der Waals surface area (Å²) in [6.07, 6.45) is 0.309. The molecule has 0 spiro atoms. The molecule has 1 saturated heterocycles. The summed E-state index contributed by atoms with van der Waals surface area (Å²) in [5, 5.41) is 12.4. The minimum absolute atomic E-state index is 0.0722. The molecule has 2 N–H and O–H groups in total. The molecule has 3 rings (SSSR count). The van der Waals surface area contributed by atoms with E-state index in [0.717, 1.165) is 5.56 Å². The molecule has 0 saturated carbocycles. The van der Waals surface area contributed by atoms with E-state index < -0.39 is 0 Å². The molecule has 0 aromatic heterocycles. The van der Waals surface area contributed by atoms with Crippen molar-refractivity contribution in [2.45, 2.75) is 24.9 Å². The van der Waals surface area contributed by atoms with E-state index in [1.54, 1.807) is 36.2 Å². The predicted octanol–water partition coefficient (Wildman–Crippen LogP) is 2.16. The lowest BCUT2D eigenvalue weighted by atomic mass is 9.99. The van der Waals surface area contributed by atoms with Gasteiger partial charge in [-0.2, -0.15) is 0 Å². The molecule has 2 aromatic carbocycles. The number of likely N-dealkylation sites (tertiary alicyclic amines) is 1. The van der Waals surface area contributed by atoms with E-state index >= 15 is 0 Å². The number of phenols is 1.